The highest BCUT2D eigenvalue weighted by atomic mass is 16.1. The molecule has 1 saturated heterocycles. The summed E-state index contributed by atoms with van der Waals surface area (Å²) in [4.78, 5) is 22.0. The molecule has 1 aliphatic rings. The lowest BCUT2D eigenvalue weighted by molar-refractivity contribution is -0.119. The lowest BCUT2D eigenvalue weighted by atomic mass is 10.1. The Labute approximate surface area is 159 Å². The number of nitrogens with one attached hydrogen (secondary N) is 3. The van der Waals surface area contributed by atoms with Crippen molar-refractivity contribution in [1.82, 2.24) is 15.3 Å². The second kappa shape index (κ2) is 8.12. The lowest BCUT2D eigenvalue weighted by Crippen LogP contribution is -2.30. The number of amides is 1. The average Bonchev–Trinajstić information content (AvgIpc) is 3.15. The zero-order valence-corrected chi connectivity index (χ0v) is 15.4. The van der Waals surface area contributed by atoms with Crippen LogP contribution in [0.15, 0.2) is 48.9 Å². The second-order valence-corrected chi connectivity index (χ2v) is 6.97. The SMILES string of the molecule is O=C(CNc1c[nH]c2ccncc12)NCc1cccc(N2CCCCC2)c1. The molecule has 0 radical (unpaired) electrons. The molecule has 1 aliphatic heterocycles. The van der Waals surface area contributed by atoms with Crippen LogP contribution in [0.25, 0.3) is 10.9 Å². The number of aromatic nitrogens is 2. The third kappa shape index (κ3) is 4.22. The first kappa shape index (κ1) is 17.4. The molecule has 1 fully saturated rings. The normalized spacial score (nSPS) is 14.3. The summed E-state index contributed by atoms with van der Waals surface area (Å²) in [6, 6.07) is 10.4. The van der Waals surface area contributed by atoms with Crippen molar-refractivity contribution in [3.05, 3.63) is 54.5 Å². The summed E-state index contributed by atoms with van der Waals surface area (Å²) >= 11 is 0. The van der Waals surface area contributed by atoms with Gasteiger partial charge in [0.15, 0.2) is 0 Å². The standard InChI is InChI=1S/C21H25N5O/c27-21(15-24-20-14-23-19-7-8-22-13-18(19)20)25-12-16-5-4-6-17(11-16)26-9-2-1-3-10-26/h4-8,11,13-14,23-24H,1-3,9-10,12,15H2,(H,25,27). The zero-order chi connectivity index (χ0) is 18.5. The van der Waals surface area contributed by atoms with E-state index in [1.54, 1.807) is 12.4 Å². The first-order valence-corrected chi connectivity index (χ1v) is 9.55. The van der Waals surface area contributed by atoms with Crippen molar-refractivity contribution >= 4 is 28.2 Å². The number of nitrogens with zero attached hydrogens (tertiary/aromatic N) is 2. The molecule has 2 aromatic heterocycles. The Bertz CT molecular complexity index is 914. The van der Waals surface area contributed by atoms with Crippen molar-refractivity contribution in [2.45, 2.75) is 25.8 Å². The van der Waals surface area contributed by atoms with E-state index in [-0.39, 0.29) is 12.5 Å². The molecule has 1 amide bonds. The van der Waals surface area contributed by atoms with Gasteiger partial charge in [-0.15, -0.1) is 0 Å². The Morgan fingerprint density at radius 3 is 2.96 bits per heavy atom. The number of carbonyl (C=O) groups is 1. The number of H-pyrrole nitrogens is 1. The predicted octanol–water partition coefficient (Wildman–Crippen LogP) is 3.28. The van der Waals surface area contributed by atoms with E-state index in [4.69, 9.17) is 0 Å². The van der Waals surface area contributed by atoms with Gasteiger partial charge in [-0.1, -0.05) is 12.1 Å². The second-order valence-electron chi connectivity index (χ2n) is 6.97. The molecule has 0 unspecified atom stereocenters. The minimum Gasteiger partial charge on any atom is -0.374 e. The minimum absolute atomic E-state index is 0.0309. The van der Waals surface area contributed by atoms with Gasteiger partial charge in [0.05, 0.1) is 17.7 Å². The number of fused-ring (bicyclic) bond motifs is 1. The quantitative estimate of drug-likeness (QED) is 0.628. The van der Waals surface area contributed by atoms with Gasteiger partial charge in [0.1, 0.15) is 0 Å². The van der Waals surface area contributed by atoms with Gasteiger partial charge in [-0.25, -0.2) is 0 Å². The van der Waals surface area contributed by atoms with Crippen LogP contribution in [0, 0.1) is 0 Å². The molecule has 3 aromatic rings. The van der Waals surface area contributed by atoms with Crippen molar-refractivity contribution in [3.8, 4) is 0 Å². The van der Waals surface area contributed by atoms with E-state index in [1.165, 1.54) is 24.9 Å². The molecule has 27 heavy (non-hydrogen) atoms. The van der Waals surface area contributed by atoms with E-state index < -0.39 is 0 Å². The maximum Gasteiger partial charge on any atom is 0.239 e. The Morgan fingerprint density at radius 2 is 2.07 bits per heavy atom. The number of hydrogen-bond acceptors (Lipinski definition) is 4. The monoisotopic (exact) mass is 363 g/mol. The fourth-order valence-electron chi connectivity index (χ4n) is 3.56. The van der Waals surface area contributed by atoms with Crippen molar-refractivity contribution in [3.63, 3.8) is 0 Å². The van der Waals surface area contributed by atoms with Crippen LogP contribution < -0.4 is 15.5 Å². The molecule has 0 spiro atoms. The maximum atomic E-state index is 12.2. The van der Waals surface area contributed by atoms with Gasteiger partial charge in [0, 0.05) is 49.3 Å². The van der Waals surface area contributed by atoms with Crippen molar-refractivity contribution in [2.24, 2.45) is 0 Å². The number of piperidine rings is 1. The highest BCUT2D eigenvalue weighted by Gasteiger charge is 2.11. The molecule has 6 nitrogen and oxygen atoms in total. The zero-order valence-electron chi connectivity index (χ0n) is 15.4. The van der Waals surface area contributed by atoms with Crippen LogP contribution in [0.3, 0.4) is 0 Å². The average molecular weight is 363 g/mol. The van der Waals surface area contributed by atoms with Crippen LogP contribution in [0.4, 0.5) is 11.4 Å². The summed E-state index contributed by atoms with van der Waals surface area (Å²) in [7, 11) is 0. The summed E-state index contributed by atoms with van der Waals surface area (Å²) in [5.41, 5.74) is 4.27. The molecule has 0 bridgehead atoms. The molecule has 3 heterocycles. The molecule has 140 valence electrons. The fraction of sp³-hybridized carbons (Fsp3) is 0.333. The summed E-state index contributed by atoms with van der Waals surface area (Å²) in [6.45, 7) is 3.02. The van der Waals surface area contributed by atoms with E-state index in [2.05, 4.69) is 49.8 Å². The molecule has 0 saturated carbocycles. The maximum absolute atomic E-state index is 12.2. The Kier molecular flexibility index (Phi) is 5.23. The summed E-state index contributed by atoms with van der Waals surface area (Å²) in [5, 5.41) is 7.15. The third-order valence-electron chi connectivity index (χ3n) is 5.04. The van der Waals surface area contributed by atoms with Crippen molar-refractivity contribution in [1.29, 1.82) is 0 Å². The number of hydrogen-bond donors (Lipinski definition) is 3. The minimum atomic E-state index is -0.0309. The molecule has 1 aromatic carbocycles. The van der Waals surface area contributed by atoms with Gasteiger partial charge in [-0.2, -0.15) is 0 Å². The Balaban J connectivity index is 1.30. The number of carbonyl (C=O) groups excluding carboxylic acids is 1. The predicted molar refractivity (Wildman–Crippen MR) is 109 cm³/mol. The molecule has 4 rings (SSSR count). The van der Waals surface area contributed by atoms with Crippen molar-refractivity contribution in [2.75, 3.05) is 29.9 Å². The first-order chi connectivity index (χ1) is 13.3. The molecule has 3 N–H and O–H groups in total. The number of benzene rings is 1. The largest absolute Gasteiger partial charge is 0.374 e. The van der Waals surface area contributed by atoms with Gasteiger partial charge in [0.25, 0.3) is 0 Å². The van der Waals surface area contributed by atoms with E-state index in [1.807, 2.05) is 12.3 Å². The van der Waals surface area contributed by atoms with Gasteiger partial charge < -0.3 is 20.5 Å². The lowest BCUT2D eigenvalue weighted by Gasteiger charge is -2.29. The van der Waals surface area contributed by atoms with Crippen LogP contribution in [-0.4, -0.2) is 35.5 Å². The van der Waals surface area contributed by atoms with E-state index >= 15 is 0 Å². The van der Waals surface area contributed by atoms with Gasteiger partial charge >= 0.3 is 0 Å². The fourth-order valence-corrected chi connectivity index (χ4v) is 3.56. The summed E-state index contributed by atoms with van der Waals surface area (Å²) in [5.74, 6) is -0.0309. The van der Waals surface area contributed by atoms with Crippen LogP contribution in [0.5, 0.6) is 0 Å². The summed E-state index contributed by atoms with van der Waals surface area (Å²) in [6.07, 6.45) is 9.24. The van der Waals surface area contributed by atoms with E-state index in [0.29, 0.717) is 6.54 Å². The Hall–Kier alpha value is -3.02. The highest BCUT2D eigenvalue weighted by Crippen LogP contribution is 2.22. The number of anilines is 2. The smallest absolute Gasteiger partial charge is 0.239 e. The van der Waals surface area contributed by atoms with E-state index in [0.717, 1.165) is 35.2 Å². The van der Waals surface area contributed by atoms with Crippen LogP contribution in [0.1, 0.15) is 24.8 Å². The number of pyridine rings is 1. The van der Waals surface area contributed by atoms with Gasteiger partial charge in [0.2, 0.25) is 5.91 Å². The molecule has 0 aliphatic carbocycles. The van der Waals surface area contributed by atoms with Gasteiger partial charge in [-0.3, -0.25) is 9.78 Å². The molecular weight excluding hydrogens is 338 g/mol. The van der Waals surface area contributed by atoms with Gasteiger partial charge in [-0.05, 0) is 43.0 Å². The summed E-state index contributed by atoms with van der Waals surface area (Å²) < 4.78 is 0. The molecule has 6 heteroatoms. The van der Waals surface area contributed by atoms with Crippen molar-refractivity contribution < 1.29 is 4.79 Å². The van der Waals surface area contributed by atoms with Crippen LogP contribution in [-0.2, 0) is 11.3 Å². The van der Waals surface area contributed by atoms with Crippen LogP contribution in [0.2, 0.25) is 0 Å². The molecular formula is C21H25N5O. The number of rotatable bonds is 6. The third-order valence-corrected chi connectivity index (χ3v) is 5.04. The Morgan fingerprint density at radius 1 is 1.19 bits per heavy atom. The van der Waals surface area contributed by atoms with Crippen LogP contribution >= 0.6 is 0 Å². The topological polar surface area (TPSA) is 73.0 Å². The highest BCUT2D eigenvalue weighted by molar-refractivity contribution is 5.93. The van der Waals surface area contributed by atoms with E-state index in [9.17, 15) is 4.79 Å². The first-order valence-electron chi connectivity index (χ1n) is 9.55. The number of aromatic amines is 1. The molecule has 0 atom stereocenters.